The van der Waals surface area contributed by atoms with E-state index in [1.54, 1.807) is 34.1 Å². The molecule has 7 nitrogen and oxygen atoms in total. The Morgan fingerprint density at radius 2 is 1.50 bits per heavy atom. The quantitative estimate of drug-likeness (QED) is 0.716. The molecule has 2 aliphatic heterocycles. The van der Waals surface area contributed by atoms with Crippen LogP contribution in [0.4, 0.5) is 5.69 Å². The molecule has 3 amide bonds. The zero-order valence-electron chi connectivity index (χ0n) is 18.2. The molecule has 0 N–H and O–H groups in total. The van der Waals surface area contributed by atoms with Crippen molar-refractivity contribution in [3.8, 4) is 0 Å². The third kappa shape index (κ3) is 4.53. The summed E-state index contributed by atoms with van der Waals surface area (Å²) in [7, 11) is 0. The second-order valence-corrected chi connectivity index (χ2v) is 8.57. The maximum atomic E-state index is 13.1. The minimum atomic E-state index is -0.175. The molecule has 0 aromatic heterocycles. The molecular formula is C24H25ClN4O3. The zero-order chi connectivity index (χ0) is 22.8. The summed E-state index contributed by atoms with van der Waals surface area (Å²) in [6.07, 6.45) is 0.565. The number of hydrogen-bond donors (Lipinski definition) is 0. The van der Waals surface area contributed by atoms with Gasteiger partial charge in [-0.2, -0.15) is 5.10 Å². The van der Waals surface area contributed by atoms with Crippen LogP contribution in [-0.2, 0) is 9.59 Å². The van der Waals surface area contributed by atoms with Crippen LogP contribution in [0.15, 0.2) is 47.6 Å². The number of carbonyl (C=O) groups excluding carboxylic acids is 3. The molecule has 2 aliphatic rings. The van der Waals surface area contributed by atoms with E-state index in [0.717, 1.165) is 11.1 Å². The van der Waals surface area contributed by atoms with Crippen LogP contribution in [0, 0.1) is 13.8 Å². The van der Waals surface area contributed by atoms with E-state index in [-0.39, 0.29) is 24.1 Å². The SMILES string of the molecule is Cc1ccc(C)c(N2N=C(C(=O)N3CCN(C(=O)c4ccc(Cl)cc4)CC3)CCC2=O)c1. The second-order valence-electron chi connectivity index (χ2n) is 8.13. The first-order valence-corrected chi connectivity index (χ1v) is 11.0. The molecule has 1 saturated heterocycles. The van der Waals surface area contributed by atoms with Crippen molar-refractivity contribution in [2.75, 3.05) is 31.2 Å². The van der Waals surface area contributed by atoms with Gasteiger partial charge in [-0.3, -0.25) is 14.4 Å². The van der Waals surface area contributed by atoms with Crippen LogP contribution in [0.5, 0.6) is 0 Å². The molecule has 0 aliphatic carbocycles. The van der Waals surface area contributed by atoms with Crippen LogP contribution >= 0.6 is 11.6 Å². The Balaban J connectivity index is 1.44. The Morgan fingerprint density at radius 3 is 2.16 bits per heavy atom. The normalized spacial score (nSPS) is 16.8. The van der Waals surface area contributed by atoms with Crippen molar-refractivity contribution in [3.63, 3.8) is 0 Å². The summed E-state index contributed by atoms with van der Waals surface area (Å²) in [5, 5.41) is 6.38. The molecule has 0 atom stereocenters. The maximum Gasteiger partial charge on any atom is 0.270 e. The third-order valence-electron chi connectivity index (χ3n) is 5.82. The number of benzene rings is 2. The van der Waals surface area contributed by atoms with Crippen molar-refractivity contribution in [2.24, 2.45) is 5.10 Å². The monoisotopic (exact) mass is 452 g/mol. The molecule has 0 bridgehead atoms. The van der Waals surface area contributed by atoms with Crippen molar-refractivity contribution in [1.29, 1.82) is 0 Å². The molecule has 4 rings (SSSR count). The van der Waals surface area contributed by atoms with Crippen LogP contribution < -0.4 is 5.01 Å². The molecule has 0 radical (unpaired) electrons. The molecule has 1 fully saturated rings. The van der Waals surface area contributed by atoms with Gasteiger partial charge in [0.25, 0.3) is 11.8 Å². The van der Waals surface area contributed by atoms with E-state index in [1.807, 2.05) is 32.0 Å². The van der Waals surface area contributed by atoms with Gasteiger partial charge in [-0.1, -0.05) is 23.7 Å². The van der Waals surface area contributed by atoms with E-state index in [9.17, 15) is 14.4 Å². The second kappa shape index (κ2) is 9.12. The highest BCUT2D eigenvalue weighted by molar-refractivity contribution is 6.40. The molecular weight excluding hydrogens is 428 g/mol. The van der Waals surface area contributed by atoms with Crippen molar-refractivity contribution in [2.45, 2.75) is 26.7 Å². The van der Waals surface area contributed by atoms with Gasteiger partial charge in [0, 0.05) is 49.6 Å². The Labute approximate surface area is 192 Å². The number of carbonyl (C=O) groups is 3. The van der Waals surface area contributed by atoms with Gasteiger partial charge < -0.3 is 9.80 Å². The van der Waals surface area contributed by atoms with Crippen LogP contribution in [0.25, 0.3) is 0 Å². The maximum absolute atomic E-state index is 13.1. The van der Waals surface area contributed by atoms with Gasteiger partial charge in [0.05, 0.1) is 5.69 Å². The molecule has 166 valence electrons. The van der Waals surface area contributed by atoms with Crippen LogP contribution in [-0.4, -0.2) is 59.4 Å². The fourth-order valence-electron chi connectivity index (χ4n) is 3.91. The number of hydrogen-bond acceptors (Lipinski definition) is 4. The van der Waals surface area contributed by atoms with Gasteiger partial charge in [-0.15, -0.1) is 0 Å². The van der Waals surface area contributed by atoms with Crippen LogP contribution in [0.2, 0.25) is 5.02 Å². The molecule has 0 saturated carbocycles. The fourth-order valence-corrected chi connectivity index (χ4v) is 4.04. The minimum absolute atomic E-state index is 0.0736. The van der Waals surface area contributed by atoms with Crippen LogP contribution in [0.3, 0.4) is 0 Å². The van der Waals surface area contributed by atoms with Crippen molar-refractivity contribution >= 4 is 40.7 Å². The van der Waals surface area contributed by atoms with Gasteiger partial charge in [0.2, 0.25) is 5.91 Å². The van der Waals surface area contributed by atoms with E-state index < -0.39 is 0 Å². The Kier molecular flexibility index (Phi) is 6.28. The summed E-state index contributed by atoms with van der Waals surface area (Å²) in [6.45, 7) is 5.62. The van der Waals surface area contributed by atoms with Gasteiger partial charge in [0.15, 0.2) is 0 Å². The first kappa shape index (κ1) is 22.0. The molecule has 2 aromatic carbocycles. The lowest BCUT2D eigenvalue weighted by Gasteiger charge is -2.35. The minimum Gasteiger partial charge on any atom is -0.335 e. The van der Waals surface area contributed by atoms with E-state index in [2.05, 4.69) is 5.10 Å². The van der Waals surface area contributed by atoms with Gasteiger partial charge >= 0.3 is 0 Å². The predicted molar refractivity (Wildman–Crippen MR) is 124 cm³/mol. The lowest BCUT2D eigenvalue weighted by atomic mass is 10.1. The summed E-state index contributed by atoms with van der Waals surface area (Å²) in [6, 6.07) is 12.6. The van der Waals surface area contributed by atoms with Crippen molar-refractivity contribution in [1.82, 2.24) is 9.80 Å². The average Bonchev–Trinajstić information content (AvgIpc) is 2.81. The van der Waals surface area contributed by atoms with Crippen molar-refractivity contribution < 1.29 is 14.4 Å². The number of nitrogens with zero attached hydrogens (tertiary/aromatic N) is 4. The Morgan fingerprint density at radius 1 is 0.875 bits per heavy atom. The molecule has 2 heterocycles. The third-order valence-corrected chi connectivity index (χ3v) is 6.07. The standard InChI is InChI=1S/C24H25ClN4O3/c1-16-3-4-17(2)21(15-16)29-22(30)10-9-20(26-29)24(32)28-13-11-27(12-14-28)23(31)18-5-7-19(25)8-6-18/h3-8,15H,9-14H2,1-2H3. The van der Waals surface area contributed by atoms with E-state index in [4.69, 9.17) is 11.6 Å². The average molecular weight is 453 g/mol. The number of hydrazone groups is 1. The lowest BCUT2D eigenvalue weighted by Crippen LogP contribution is -2.53. The summed E-state index contributed by atoms with van der Waals surface area (Å²) in [4.78, 5) is 41.8. The molecule has 2 aromatic rings. The summed E-state index contributed by atoms with van der Waals surface area (Å²) in [5.41, 5.74) is 3.61. The van der Waals surface area contributed by atoms with Crippen LogP contribution in [0.1, 0.15) is 34.3 Å². The highest BCUT2D eigenvalue weighted by Gasteiger charge is 2.31. The number of anilines is 1. The zero-order valence-corrected chi connectivity index (χ0v) is 18.9. The van der Waals surface area contributed by atoms with Gasteiger partial charge in [0.1, 0.15) is 5.71 Å². The molecule has 0 unspecified atom stereocenters. The highest BCUT2D eigenvalue weighted by Crippen LogP contribution is 2.26. The summed E-state index contributed by atoms with van der Waals surface area (Å²) < 4.78 is 0. The molecule has 0 spiro atoms. The number of amides is 3. The van der Waals surface area contributed by atoms with Gasteiger partial charge in [-0.25, -0.2) is 5.01 Å². The van der Waals surface area contributed by atoms with E-state index in [0.29, 0.717) is 54.6 Å². The number of piperazine rings is 1. The topological polar surface area (TPSA) is 73.3 Å². The number of rotatable bonds is 3. The number of aryl methyl sites for hydroxylation is 2. The molecule has 8 heteroatoms. The summed E-state index contributed by atoms with van der Waals surface area (Å²) >= 11 is 5.90. The lowest BCUT2D eigenvalue weighted by molar-refractivity contribution is -0.125. The smallest absolute Gasteiger partial charge is 0.270 e. The first-order chi connectivity index (χ1) is 15.3. The van der Waals surface area contributed by atoms with Crippen molar-refractivity contribution in [3.05, 3.63) is 64.2 Å². The highest BCUT2D eigenvalue weighted by atomic mass is 35.5. The van der Waals surface area contributed by atoms with E-state index >= 15 is 0 Å². The largest absolute Gasteiger partial charge is 0.335 e. The summed E-state index contributed by atoms with van der Waals surface area (Å²) in [5.74, 6) is -0.365. The predicted octanol–water partition coefficient (Wildman–Crippen LogP) is 3.42. The Hall–Kier alpha value is -3.19. The molecule has 32 heavy (non-hydrogen) atoms. The van der Waals surface area contributed by atoms with Gasteiger partial charge in [-0.05, 0) is 55.3 Å². The first-order valence-electron chi connectivity index (χ1n) is 10.7. The van der Waals surface area contributed by atoms with E-state index in [1.165, 1.54) is 5.01 Å². The fraction of sp³-hybridized carbons (Fsp3) is 0.333. The number of halogens is 1. The Bertz CT molecular complexity index is 1090.